The second-order valence-corrected chi connectivity index (χ2v) is 8.96. The molecule has 3 rings (SSSR count). The van der Waals surface area contributed by atoms with Gasteiger partial charge in [-0.2, -0.15) is 0 Å². The van der Waals surface area contributed by atoms with Crippen LogP contribution in [0.3, 0.4) is 0 Å². The topological polar surface area (TPSA) is 93.1 Å². The number of carbonyl (C=O) groups is 2. The Kier molecular flexibility index (Phi) is 7.62. The van der Waals surface area contributed by atoms with Gasteiger partial charge in [0, 0.05) is 0 Å². The average Bonchev–Trinajstić information content (AvgIpc) is 2.65. The van der Waals surface area contributed by atoms with E-state index in [9.17, 15) is 19.8 Å². The Morgan fingerprint density at radius 2 is 1.07 bits per heavy atom. The number of unbranched alkanes of at least 4 members (excludes halogenated alkanes) is 2. The maximum Gasteiger partial charge on any atom is 0.309 e. The molecule has 0 bridgehead atoms. The molecule has 6 nitrogen and oxygen atoms in total. The van der Waals surface area contributed by atoms with Gasteiger partial charge in [0.05, 0.1) is 24.0 Å². The van der Waals surface area contributed by atoms with Crippen molar-refractivity contribution in [3.63, 3.8) is 0 Å². The zero-order chi connectivity index (χ0) is 21.5. The fourth-order valence-electron chi connectivity index (χ4n) is 4.49. The van der Waals surface area contributed by atoms with Crippen molar-refractivity contribution in [2.75, 3.05) is 13.2 Å². The number of hydrogen-bond donors (Lipinski definition) is 2. The summed E-state index contributed by atoms with van der Waals surface area (Å²) in [7, 11) is 0. The smallest absolute Gasteiger partial charge is 0.309 e. The molecule has 0 aliphatic heterocycles. The molecule has 2 aliphatic carbocycles. The quantitative estimate of drug-likeness (QED) is 0.399. The van der Waals surface area contributed by atoms with E-state index in [0.717, 1.165) is 88.5 Å². The lowest BCUT2D eigenvalue weighted by molar-refractivity contribution is -0.156. The highest BCUT2D eigenvalue weighted by atomic mass is 16.5. The highest BCUT2D eigenvalue weighted by molar-refractivity contribution is 5.76. The van der Waals surface area contributed by atoms with Gasteiger partial charge in [-0.25, -0.2) is 0 Å². The van der Waals surface area contributed by atoms with Crippen LogP contribution in [0.4, 0.5) is 0 Å². The molecular weight excluding hydrogens is 384 g/mol. The van der Waals surface area contributed by atoms with Crippen LogP contribution in [-0.2, 0) is 9.59 Å². The van der Waals surface area contributed by atoms with E-state index in [1.54, 1.807) is 0 Å². The van der Waals surface area contributed by atoms with Crippen molar-refractivity contribution in [1.82, 2.24) is 0 Å². The number of aliphatic carboxylic acids is 2. The molecule has 0 unspecified atom stereocenters. The molecule has 0 heterocycles. The molecule has 2 aliphatic rings. The van der Waals surface area contributed by atoms with E-state index in [-0.39, 0.29) is 0 Å². The summed E-state index contributed by atoms with van der Waals surface area (Å²) in [6.07, 6.45) is 10.2. The van der Waals surface area contributed by atoms with E-state index in [4.69, 9.17) is 9.47 Å². The largest absolute Gasteiger partial charge is 0.494 e. The van der Waals surface area contributed by atoms with Crippen LogP contribution in [0.5, 0.6) is 11.5 Å². The van der Waals surface area contributed by atoms with Crippen molar-refractivity contribution in [3.8, 4) is 11.5 Å². The summed E-state index contributed by atoms with van der Waals surface area (Å²) in [6.45, 7) is 1.17. The monoisotopic (exact) mass is 418 g/mol. The van der Waals surface area contributed by atoms with Crippen LogP contribution in [0.15, 0.2) is 24.3 Å². The van der Waals surface area contributed by atoms with Gasteiger partial charge in [-0.3, -0.25) is 9.59 Å². The fraction of sp³-hybridized carbons (Fsp3) is 0.667. The first kappa shape index (κ1) is 22.4. The van der Waals surface area contributed by atoms with Gasteiger partial charge in [0.25, 0.3) is 0 Å². The van der Waals surface area contributed by atoms with Crippen LogP contribution in [0.1, 0.15) is 77.0 Å². The lowest BCUT2D eigenvalue weighted by Gasteiger charge is -2.37. The number of ether oxygens (including phenoxy) is 2. The molecule has 1 aromatic rings. The Morgan fingerprint density at radius 1 is 0.700 bits per heavy atom. The first-order chi connectivity index (χ1) is 14.5. The van der Waals surface area contributed by atoms with Crippen LogP contribution in [-0.4, -0.2) is 35.4 Å². The molecule has 2 saturated carbocycles. The van der Waals surface area contributed by atoms with Crippen molar-refractivity contribution in [1.29, 1.82) is 0 Å². The molecule has 6 heteroatoms. The summed E-state index contributed by atoms with van der Waals surface area (Å²) in [5.41, 5.74) is -0.934. The minimum Gasteiger partial charge on any atom is -0.494 e. The Bertz CT molecular complexity index is 642. The summed E-state index contributed by atoms with van der Waals surface area (Å²) in [5, 5.41) is 18.7. The molecule has 30 heavy (non-hydrogen) atoms. The number of carboxylic acids is 2. The van der Waals surface area contributed by atoms with Gasteiger partial charge in [-0.05, 0) is 88.5 Å². The molecule has 0 saturated heterocycles. The third-order valence-corrected chi connectivity index (χ3v) is 6.99. The van der Waals surface area contributed by atoms with Gasteiger partial charge >= 0.3 is 11.9 Å². The molecule has 2 fully saturated rings. The number of benzene rings is 1. The van der Waals surface area contributed by atoms with Gasteiger partial charge < -0.3 is 19.7 Å². The molecule has 0 aromatic heterocycles. The van der Waals surface area contributed by atoms with Gasteiger partial charge in [0.2, 0.25) is 0 Å². The number of rotatable bonds is 14. The summed E-state index contributed by atoms with van der Waals surface area (Å²) < 4.78 is 11.5. The standard InChI is InChI=1S/C24H34O6/c25-21(26)23(13-5-14-23)11-1-3-17-29-19-7-9-20(10-8-19)30-18-4-2-12-24(22(27)28)15-6-16-24/h7-10H,1-6,11-18H2,(H,25,26)(H,27,28). The lowest BCUT2D eigenvalue weighted by atomic mass is 9.66. The molecule has 0 spiro atoms. The number of carboxylic acid groups (broad SMARTS) is 2. The van der Waals surface area contributed by atoms with Crippen molar-refractivity contribution in [3.05, 3.63) is 24.3 Å². The van der Waals surface area contributed by atoms with E-state index < -0.39 is 22.8 Å². The van der Waals surface area contributed by atoms with Crippen LogP contribution >= 0.6 is 0 Å². The normalized spacial score (nSPS) is 18.7. The summed E-state index contributed by atoms with van der Waals surface area (Å²) >= 11 is 0. The zero-order valence-corrected chi connectivity index (χ0v) is 17.7. The van der Waals surface area contributed by atoms with Gasteiger partial charge in [-0.15, -0.1) is 0 Å². The highest BCUT2D eigenvalue weighted by Gasteiger charge is 2.44. The Labute approximate surface area is 178 Å². The summed E-state index contributed by atoms with van der Waals surface area (Å²) in [6, 6.07) is 7.53. The Hall–Kier alpha value is -2.24. The molecule has 166 valence electrons. The number of hydrogen-bond acceptors (Lipinski definition) is 4. The molecular formula is C24H34O6. The minimum atomic E-state index is -0.644. The summed E-state index contributed by atoms with van der Waals surface area (Å²) in [5.74, 6) is 0.282. The molecule has 0 atom stereocenters. The zero-order valence-electron chi connectivity index (χ0n) is 17.7. The molecule has 2 N–H and O–H groups in total. The van der Waals surface area contributed by atoms with Crippen LogP contribution in [0, 0.1) is 10.8 Å². The highest BCUT2D eigenvalue weighted by Crippen LogP contribution is 2.46. The summed E-state index contributed by atoms with van der Waals surface area (Å²) in [4.78, 5) is 22.7. The fourth-order valence-corrected chi connectivity index (χ4v) is 4.49. The first-order valence-corrected chi connectivity index (χ1v) is 11.3. The third kappa shape index (κ3) is 5.46. The van der Waals surface area contributed by atoms with Gasteiger partial charge in [0.1, 0.15) is 11.5 Å². The second kappa shape index (κ2) is 10.2. The third-order valence-electron chi connectivity index (χ3n) is 6.99. The lowest BCUT2D eigenvalue weighted by Crippen LogP contribution is -2.37. The van der Waals surface area contributed by atoms with Crippen molar-refractivity contribution in [2.24, 2.45) is 10.8 Å². The predicted octanol–water partition coefficient (Wildman–Crippen LogP) is 5.29. The first-order valence-electron chi connectivity index (χ1n) is 11.3. The average molecular weight is 419 g/mol. The maximum atomic E-state index is 11.4. The molecule has 0 amide bonds. The van der Waals surface area contributed by atoms with Crippen LogP contribution < -0.4 is 9.47 Å². The molecule has 0 radical (unpaired) electrons. The SMILES string of the molecule is O=C(O)C1(CCCCOc2ccc(OCCCCC3(C(=O)O)CCC3)cc2)CCC1. The van der Waals surface area contributed by atoms with E-state index in [0.29, 0.717) is 13.2 Å². The van der Waals surface area contributed by atoms with Crippen molar-refractivity contribution >= 4 is 11.9 Å². The van der Waals surface area contributed by atoms with Gasteiger partial charge in [0.15, 0.2) is 0 Å². The Morgan fingerprint density at radius 3 is 1.33 bits per heavy atom. The predicted molar refractivity (Wildman–Crippen MR) is 113 cm³/mol. The van der Waals surface area contributed by atoms with Crippen LogP contribution in [0.25, 0.3) is 0 Å². The van der Waals surface area contributed by atoms with E-state index in [1.807, 2.05) is 24.3 Å². The van der Waals surface area contributed by atoms with Crippen molar-refractivity contribution in [2.45, 2.75) is 77.0 Å². The second-order valence-electron chi connectivity index (χ2n) is 8.96. The van der Waals surface area contributed by atoms with E-state index in [1.165, 1.54) is 0 Å². The minimum absolute atomic E-state index is 0.467. The van der Waals surface area contributed by atoms with Gasteiger partial charge in [-0.1, -0.05) is 12.8 Å². The van der Waals surface area contributed by atoms with E-state index >= 15 is 0 Å². The molecule has 1 aromatic carbocycles. The van der Waals surface area contributed by atoms with Crippen molar-refractivity contribution < 1.29 is 29.3 Å². The van der Waals surface area contributed by atoms with E-state index in [2.05, 4.69) is 0 Å². The van der Waals surface area contributed by atoms with Crippen LogP contribution in [0.2, 0.25) is 0 Å². The maximum absolute atomic E-state index is 11.4. The Balaban J connectivity index is 1.26.